The van der Waals surface area contributed by atoms with Gasteiger partial charge in [0.05, 0.1) is 36.6 Å². The van der Waals surface area contributed by atoms with Crippen LogP contribution in [-0.2, 0) is 14.2 Å². The lowest BCUT2D eigenvalue weighted by atomic mass is 9.88. The van der Waals surface area contributed by atoms with Crippen LogP contribution in [0.4, 0.5) is 20.1 Å². The topological polar surface area (TPSA) is 126 Å². The molecule has 0 fully saturated rings. The maximum absolute atomic E-state index is 13.0. The van der Waals surface area contributed by atoms with Gasteiger partial charge in [0.1, 0.15) is 0 Å². The zero-order chi connectivity index (χ0) is 24.1. The van der Waals surface area contributed by atoms with Crippen LogP contribution in [0.2, 0.25) is 0 Å². The summed E-state index contributed by atoms with van der Waals surface area (Å²) in [4.78, 5) is 64.2. The van der Waals surface area contributed by atoms with Crippen molar-refractivity contribution in [3.63, 3.8) is 0 Å². The van der Waals surface area contributed by atoms with E-state index in [1.807, 2.05) is 0 Å². The van der Waals surface area contributed by atoms with Gasteiger partial charge in [0.2, 0.25) is 0 Å². The Hall–Kier alpha value is -4.21. The van der Waals surface area contributed by atoms with Crippen molar-refractivity contribution >= 4 is 46.4 Å². The van der Waals surface area contributed by atoms with E-state index in [9.17, 15) is 24.0 Å². The fourth-order valence-corrected chi connectivity index (χ4v) is 3.38. The summed E-state index contributed by atoms with van der Waals surface area (Å²) in [6.07, 6.45) is -1.26. The van der Waals surface area contributed by atoms with Crippen molar-refractivity contribution in [3.05, 3.63) is 47.5 Å². The molecule has 0 saturated heterocycles. The third-order valence-electron chi connectivity index (χ3n) is 4.59. The average Bonchev–Trinajstić information content (AvgIpc) is 2.78. The van der Waals surface area contributed by atoms with Gasteiger partial charge in [0.25, 0.3) is 0 Å². The zero-order valence-electron chi connectivity index (χ0n) is 18.2. The lowest BCUT2D eigenvalue weighted by Crippen LogP contribution is -2.39. The number of amides is 2. The Morgan fingerprint density at radius 1 is 0.758 bits per heavy atom. The maximum atomic E-state index is 13.0. The molecule has 0 aliphatic heterocycles. The standard InChI is InChI=1S/C23H21NO9/c1-4-30-21(27)24(22(28)31-5-2)19-13-9-7-8-10-14(13)20(33-23(29)32-6-3)18-16(26)12-11-15(25)17(18)19/h7-12H,4-6H2,1-3H3. The van der Waals surface area contributed by atoms with Crippen LogP contribution in [0.25, 0.3) is 10.8 Å². The Morgan fingerprint density at radius 2 is 1.27 bits per heavy atom. The number of ketones is 2. The minimum Gasteiger partial charge on any atom is -0.449 e. The minimum atomic E-state index is -1.10. The number of rotatable bonds is 5. The zero-order valence-corrected chi connectivity index (χ0v) is 18.2. The third kappa shape index (κ3) is 4.40. The van der Waals surface area contributed by atoms with E-state index in [4.69, 9.17) is 18.9 Å². The number of fused-ring (bicyclic) bond motifs is 2. The van der Waals surface area contributed by atoms with Gasteiger partial charge in [-0.25, -0.2) is 14.4 Å². The number of anilines is 1. The SMILES string of the molecule is CCOC(=O)Oc1c2c(c(N(C(=O)OCC)C(=O)OCC)c3ccccc13)C(=O)C=CC2=O. The first-order valence-corrected chi connectivity index (χ1v) is 10.2. The van der Waals surface area contributed by atoms with E-state index < -0.39 is 29.9 Å². The molecule has 1 aliphatic carbocycles. The largest absolute Gasteiger partial charge is 0.513 e. The summed E-state index contributed by atoms with van der Waals surface area (Å²) in [7, 11) is 0. The Balaban J connectivity index is 2.44. The van der Waals surface area contributed by atoms with E-state index >= 15 is 0 Å². The fraction of sp³-hybridized carbons (Fsp3) is 0.261. The summed E-state index contributed by atoms with van der Waals surface area (Å²) in [6.45, 7) is 4.55. The van der Waals surface area contributed by atoms with Crippen molar-refractivity contribution in [2.45, 2.75) is 20.8 Å². The summed E-state index contributed by atoms with van der Waals surface area (Å²) >= 11 is 0. The number of hydrogen-bond donors (Lipinski definition) is 0. The van der Waals surface area contributed by atoms with Crippen molar-refractivity contribution in [2.75, 3.05) is 24.7 Å². The Kier molecular flexibility index (Phi) is 7.07. The van der Waals surface area contributed by atoms with E-state index in [0.717, 1.165) is 12.2 Å². The molecule has 33 heavy (non-hydrogen) atoms. The first kappa shape index (κ1) is 23.5. The van der Waals surface area contributed by atoms with Gasteiger partial charge in [-0.05, 0) is 32.9 Å². The molecule has 172 valence electrons. The average molecular weight is 455 g/mol. The van der Waals surface area contributed by atoms with Crippen LogP contribution in [0.3, 0.4) is 0 Å². The minimum absolute atomic E-state index is 0.0172. The van der Waals surface area contributed by atoms with Gasteiger partial charge in [0.15, 0.2) is 17.3 Å². The summed E-state index contributed by atoms with van der Waals surface area (Å²) < 4.78 is 20.2. The first-order valence-electron chi connectivity index (χ1n) is 10.2. The molecule has 0 radical (unpaired) electrons. The fourth-order valence-electron chi connectivity index (χ4n) is 3.38. The monoisotopic (exact) mass is 455 g/mol. The van der Waals surface area contributed by atoms with E-state index in [0.29, 0.717) is 4.90 Å². The van der Waals surface area contributed by atoms with Crippen molar-refractivity contribution < 1.29 is 42.9 Å². The molecule has 0 bridgehead atoms. The van der Waals surface area contributed by atoms with Gasteiger partial charge in [-0.15, -0.1) is 0 Å². The molecule has 10 heteroatoms. The molecule has 2 aromatic rings. The molecule has 2 amide bonds. The Labute approximate surface area is 188 Å². The Morgan fingerprint density at radius 3 is 1.82 bits per heavy atom. The molecule has 1 aliphatic rings. The highest BCUT2D eigenvalue weighted by atomic mass is 16.7. The molecule has 3 rings (SSSR count). The second-order valence-electron chi connectivity index (χ2n) is 6.55. The number of allylic oxidation sites excluding steroid dienone is 2. The number of hydrogen-bond acceptors (Lipinski definition) is 9. The highest BCUT2D eigenvalue weighted by molar-refractivity contribution is 6.32. The van der Waals surface area contributed by atoms with Crippen LogP contribution in [-0.4, -0.2) is 49.7 Å². The number of imide groups is 1. The first-order chi connectivity index (χ1) is 15.8. The summed E-state index contributed by atoms with van der Waals surface area (Å²) in [6, 6.07) is 6.20. The molecular weight excluding hydrogens is 434 g/mol. The van der Waals surface area contributed by atoms with Gasteiger partial charge in [-0.3, -0.25) is 9.59 Å². The predicted octanol–water partition coefficient (Wildman–Crippen LogP) is 4.43. The van der Waals surface area contributed by atoms with Crippen LogP contribution >= 0.6 is 0 Å². The molecule has 0 heterocycles. The van der Waals surface area contributed by atoms with Crippen molar-refractivity contribution in [2.24, 2.45) is 0 Å². The highest BCUT2D eigenvalue weighted by Gasteiger charge is 2.38. The van der Waals surface area contributed by atoms with Gasteiger partial charge in [0, 0.05) is 10.8 Å². The van der Waals surface area contributed by atoms with Gasteiger partial charge in [-0.1, -0.05) is 24.3 Å². The molecule has 0 N–H and O–H groups in total. The highest BCUT2D eigenvalue weighted by Crippen LogP contribution is 2.44. The number of ether oxygens (including phenoxy) is 4. The quantitative estimate of drug-likeness (QED) is 0.365. The van der Waals surface area contributed by atoms with Crippen LogP contribution in [0.1, 0.15) is 41.5 Å². The second-order valence-corrected chi connectivity index (χ2v) is 6.55. The van der Waals surface area contributed by atoms with Crippen LogP contribution < -0.4 is 9.64 Å². The smallest absolute Gasteiger partial charge is 0.449 e. The van der Waals surface area contributed by atoms with Crippen molar-refractivity contribution in [3.8, 4) is 5.75 Å². The molecule has 0 aromatic heterocycles. The molecular formula is C23H21NO9. The molecule has 0 saturated carbocycles. The van der Waals surface area contributed by atoms with Crippen LogP contribution in [0, 0.1) is 0 Å². The van der Waals surface area contributed by atoms with E-state index in [1.165, 1.54) is 12.1 Å². The van der Waals surface area contributed by atoms with Gasteiger partial charge in [-0.2, -0.15) is 4.90 Å². The maximum Gasteiger partial charge on any atom is 0.513 e. The van der Waals surface area contributed by atoms with Crippen molar-refractivity contribution in [1.29, 1.82) is 0 Å². The number of benzene rings is 2. The van der Waals surface area contributed by atoms with E-state index in [-0.39, 0.29) is 53.2 Å². The van der Waals surface area contributed by atoms with Gasteiger partial charge >= 0.3 is 18.3 Å². The summed E-state index contributed by atoms with van der Waals surface area (Å²) in [5.41, 5.74) is -0.805. The predicted molar refractivity (Wildman–Crippen MR) is 116 cm³/mol. The van der Waals surface area contributed by atoms with Crippen LogP contribution in [0.15, 0.2) is 36.4 Å². The van der Waals surface area contributed by atoms with E-state index in [2.05, 4.69) is 0 Å². The van der Waals surface area contributed by atoms with Crippen molar-refractivity contribution in [1.82, 2.24) is 0 Å². The van der Waals surface area contributed by atoms with Gasteiger partial charge < -0.3 is 18.9 Å². The second kappa shape index (κ2) is 9.94. The number of carbonyl (C=O) groups excluding carboxylic acids is 5. The molecule has 0 spiro atoms. The lowest BCUT2D eigenvalue weighted by Gasteiger charge is -2.26. The third-order valence-corrected chi connectivity index (χ3v) is 4.59. The molecule has 0 unspecified atom stereocenters. The van der Waals surface area contributed by atoms with Crippen LogP contribution in [0.5, 0.6) is 5.75 Å². The number of nitrogens with zero attached hydrogens (tertiary/aromatic N) is 1. The molecule has 0 atom stereocenters. The Bertz CT molecular complexity index is 1160. The normalized spacial score (nSPS) is 12.2. The summed E-state index contributed by atoms with van der Waals surface area (Å²) in [5, 5.41) is 0.363. The molecule has 10 nitrogen and oxygen atoms in total. The van der Waals surface area contributed by atoms with E-state index in [1.54, 1.807) is 32.9 Å². The lowest BCUT2D eigenvalue weighted by molar-refractivity contribution is 0.0971. The molecule has 2 aromatic carbocycles. The summed E-state index contributed by atoms with van der Waals surface area (Å²) in [5.74, 6) is -1.57. The number of carbonyl (C=O) groups is 5.